The Bertz CT molecular complexity index is 626. The fourth-order valence-electron chi connectivity index (χ4n) is 2.27. The number of amides is 1. The van der Waals surface area contributed by atoms with Crippen molar-refractivity contribution in [2.24, 2.45) is 0 Å². The molecule has 6 heteroatoms. The zero-order valence-corrected chi connectivity index (χ0v) is 13.8. The van der Waals surface area contributed by atoms with Crippen LogP contribution in [0.5, 0.6) is 11.5 Å². The van der Waals surface area contributed by atoms with Crippen LogP contribution in [0, 0.1) is 0 Å². The largest absolute Gasteiger partial charge is 0.493 e. The molecule has 2 rings (SSSR count). The van der Waals surface area contributed by atoms with Gasteiger partial charge in [0.1, 0.15) is 0 Å². The normalized spacial score (nSPS) is 11.8. The predicted octanol–water partition coefficient (Wildman–Crippen LogP) is 2.56. The second kappa shape index (κ2) is 8.22. The van der Waals surface area contributed by atoms with Crippen molar-refractivity contribution >= 4 is 5.91 Å². The molecule has 0 saturated heterocycles. The van der Waals surface area contributed by atoms with E-state index in [1.165, 1.54) is 0 Å². The van der Waals surface area contributed by atoms with E-state index in [1.807, 2.05) is 44.3 Å². The lowest BCUT2D eigenvalue weighted by Crippen LogP contribution is -2.25. The highest BCUT2D eigenvalue weighted by Gasteiger charge is 2.11. The van der Waals surface area contributed by atoms with Crippen molar-refractivity contribution in [3.05, 3.63) is 42.2 Å². The molecule has 1 atom stereocenters. The fourth-order valence-corrected chi connectivity index (χ4v) is 2.27. The number of aromatic nitrogens is 2. The van der Waals surface area contributed by atoms with Crippen LogP contribution in [0.25, 0.3) is 0 Å². The molecule has 1 aromatic carbocycles. The van der Waals surface area contributed by atoms with Gasteiger partial charge in [-0.1, -0.05) is 6.07 Å². The van der Waals surface area contributed by atoms with E-state index in [1.54, 1.807) is 18.0 Å². The minimum absolute atomic E-state index is 0.0131. The molecule has 0 saturated carbocycles. The van der Waals surface area contributed by atoms with Crippen molar-refractivity contribution in [1.82, 2.24) is 15.1 Å². The zero-order chi connectivity index (χ0) is 16.7. The lowest BCUT2D eigenvalue weighted by molar-refractivity contribution is -0.122. The van der Waals surface area contributed by atoms with E-state index in [2.05, 4.69) is 10.4 Å². The van der Waals surface area contributed by atoms with E-state index >= 15 is 0 Å². The van der Waals surface area contributed by atoms with Crippen LogP contribution in [0.3, 0.4) is 0 Å². The Morgan fingerprint density at radius 1 is 1.39 bits per heavy atom. The molecule has 0 spiro atoms. The molecule has 23 heavy (non-hydrogen) atoms. The van der Waals surface area contributed by atoms with Gasteiger partial charge in [-0.05, 0) is 37.6 Å². The number of nitrogens with one attached hydrogen (secondary N) is 1. The molecule has 0 bridgehead atoms. The molecule has 1 aromatic heterocycles. The molecule has 0 aliphatic rings. The second-order valence-electron chi connectivity index (χ2n) is 5.23. The number of carbonyl (C=O) groups is 1. The van der Waals surface area contributed by atoms with Gasteiger partial charge in [0, 0.05) is 25.4 Å². The Labute approximate surface area is 136 Å². The van der Waals surface area contributed by atoms with Crippen molar-refractivity contribution in [1.29, 1.82) is 0 Å². The molecular weight excluding hydrogens is 294 g/mol. The Kier molecular flexibility index (Phi) is 6.02. The first-order valence-electron chi connectivity index (χ1n) is 7.69. The molecule has 0 unspecified atom stereocenters. The standard InChI is InChI=1S/C17H23N3O3/c1-4-23-15-7-6-14(11-16(15)22-3)12-18-17(21)10-13(2)20-9-5-8-19-20/h5-9,11,13H,4,10,12H2,1-3H3,(H,18,21)/t13-/m0/s1. The minimum Gasteiger partial charge on any atom is -0.493 e. The number of ether oxygens (including phenoxy) is 2. The summed E-state index contributed by atoms with van der Waals surface area (Å²) in [5, 5.41) is 7.06. The lowest BCUT2D eigenvalue weighted by atomic mass is 10.2. The van der Waals surface area contributed by atoms with Gasteiger partial charge in [-0.2, -0.15) is 5.10 Å². The van der Waals surface area contributed by atoms with E-state index in [-0.39, 0.29) is 11.9 Å². The van der Waals surface area contributed by atoms with E-state index in [0.29, 0.717) is 31.1 Å². The molecule has 1 heterocycles. The average Bonchev–Trinajstić information content (AvgIpc) is 3.08. The Morgan fingerprint density at radius 2 is 2.22 bits per heavy atom. The van der Waals surface area contributed by atoms with Crippen molar-refractivity contribution < 1.29 is 14.3 Å². The summed E-state index contributed by atoms with van der Waals surface area (Å²) in [5.74, 6) is 1.36. The summed E-state index contributed by atoms with van der Waals surface area (Å²) in [4.78, 5) is 12.0. The SMILES string of the molecule is CCOc1ccc(CNC(=O)C[C@H](C)n2cccn2)cc1OC. The molecule has 1 N–H and O–H groups in total. The quantitative estimate of drug-likeness (QED) is 0.812. The highest BCUT2D eigenvalue weighted by Crippen LogP contribution is 2.27. The maximum Gasteiger partial charge on any atom is 0.222 e. The van der Waals surface area contributed by atoms with Gasteiger partial charge < -0.3 is 14.8 Å². The number of hydrogen-bond donors (Lipinski definition) is 1. The van der Waals surface area contributed by atoms with Crippen LogP contribution in [0.15, 0.2) is 36.7 Å². The van der Waals surface area contributed by atoms with Gasteiger partial charge in [0.15, 0.2) is 11.5 Å². The summed E-state index contributed by atoms with van der Waals surface area (Å²) in [7, 11) is 1.60. The second-order valence-corrected chi connectivity index (χ2v) is 5.23. The summed E-state index contributed by atoms with van der Waals surface area (Å²) in [6, 6.07) is 7.53. The van der Waals surface area contributed by atoms with Crippen LogP contribution >= 0.6 is 0 Å². The van der Waals surface area contributed by atoms with Gasteiger partial charge in [-0.3, -0.25) is 9.48 Å². The highest BCUT2D eigenvalue weighted by molar-refractivity contribution is 5.76. The molecule has 2 aromatic rings. The van der Waals surface area contributed by atoms with Crippen LogP contribution in [0.1, 0.15) is 31.9 Å². The number of rotatable bonds is 8. The Morgan fingerprint density at radius 3 is 2.87 bits per heavy atom. The smallest absolute Gasteiger partial charge is 0.222 e. The molecule has 1 amide bonds. The van der Waals surface area contributed by atoms with Gasteiger partial charge in [0.25, 0.3) is 0 Å². The van der Waals surface area contributed by atoms with Crippen LogP contribution in [-0.2, 0) is 11.3 Å². The van der Waals surface area contributed by atoms with E-state index in [0.717, 1.165) is 5.56 Å². The van der Waals surface area contributed by atoms with Gasteiger partial charge in [-0.25, -0.2) is 0 Å². The fraction of sp³-hybridized carbons (Fsp3) is 0.412. The van der Waals surface area contributed by atoms with Crippen LogP contribution in [0.4, 0.5) is 0 Å². The monoisotopic (exact) mass is 317 g/mol. The van der Waals surface area contributed by atoms with Gasteiger partial charge in [0.2, 0.25) is 5.91 Å². The number of hydrogen-bond acceptors (Lipinski definition) is 4. The van der Waals surface area contributed by atoms with Crippen molar-refractivity contribution in [2.75, 3.05) is 13.7 Å². The van der Waals surface area contributed by atoms with Gasteiger partial charge in [-0.15, -0.1) is 0 Å². The predicted molar refractivity (Wildman–Crippen MR) is 87.6 cm³/mol. The summed E-state index contributed by atoms with van der Waals surface area (Å²) < 4.78 is 12.6. The highest BCUT2D eigenvalue weighted by atomic mass is 16.5. The summed E-state index contributed by atoms with van der Waals surface area (Å²) in [6.07, 6.45) is 3.95. The summed E-state index contributed by atoms with van der Waals surface area (Å²) in [6.45, 7) is 4.92. The Hall–Kier alpha value is -2.50. The third-order valence-corrected chi connectivity index (χ3v) is 3.47. The molecule has 0 aliphatic carbocycles. The topological polar surface area (TPSA) is 65.4 Å². The van der Waals surface area contributed by atoms with Gasteiger partial charge in [0.05, 0.1) is 19.8 Å². The molecule has 0 aliphatic heterocycles. The zero-order valence-electron chi connectivity index (χ0n) is 13.8. The van der Waals surface area contributed by atoms with Gasteiger partial charge >= 0.3 is 0 Å². The number of methoxy groups -OCH3 is 1. The first-order valence-corrected chi connectivity index (χ1v) is 7.69. The van der Waals surface area contributed by atoms with Crippen LogP contribution in [0.2, 0.25) is 0 Å². The summed E-state index contributed by atoms with van der Waals surface area (Å²) >= 11 is 0. The number of carbonyl (C=O) groups excluding carboxylic acids is 1. The van der Waals surface area contributed by atoms with Crippen molar-refractivity contribution in [2.45, 2.75) is 32.9 Å². The van der Waals surface area contributed by atoms with Crippen molar-refractivity contribution in [3.63, 3.8) is 0 Å². The van der Waals surface area contributed by atoms with Crippen LogP contribution < -0.4 is 14.8 Å². The number of benzene rings is 1. The Balaban J connectivity index is 1.88. The molecule has 124 valence electrons. The average molecular weight is 317 g/mol. The molecular formula is C17H23N3O3. The van der Waals surface area contributed by atoms with Crippen molar-refractivity contribution in [3.8, 4) is 11.5 Å². The van der Waals surface area contributed by atoms with Crippen LogP contribution in [-0.4, -0.2) is 29.4 Å². The minimum atomic E-state index is -0.0131. The third-order valence-electron chi connectivity index (χ3n) is 3.47. The molecule has 0 radical (unpaired) electrons. The molecule has 0 fully saturated rings. The van der Waals surface area contributed by atoms with E-state index in [4.69, 9.17) is 9.47 Å². The lowest BCUT2D eigenvalue weighted by Gasteiger charge is -2.13. The first kappa shape index (κ1) is 16.9. The number of nitrogens with zero attached hydrogens (tertiary/aromatic N) is 2. The molecule has 6 nitrogen and oxygen atoms in total. The third kappa shape index (κ3) is 4.74. The van der Waals surface area contributed by atoms with E-state index < -0.39 is 0 Å². The first-order chi connectivity index (χ1) is 11.1. The maximum atomic E-state index is 12.0. The summed E-state index contributed by atoms with van der Waals surface area (Å²) in [5.41, 5.74) is 0.963. The van der Waals surface area contributed by atoms with E-state index in [9.17, 15) is 4.79 Å². The maximum absolute atomic E-state index is 12.0.